The number of benzene rings is 2. The van der Waals surface area contributed by atoms with E-state index in [1.165, 1.54) is 38.6 Å². The Bertz CT molecular complexity index is 1830. The number of methoxy groups -OCH3 is 1. The predicted molar refractivity (Wildman–Crippen MR) is 187 cm³/mol. The molecular weight excluding hydrogens is 625 g/mol. The number of rotatable bonds is 11. The van der Waals surface area contributed by atoms with Crippen molar-refractivity contribution in [3.05, 3.63) is 107 Å². The van der Waals surface area contributed by atoms with Crippen molar-refractivity contribution < 1.29 is 28.2 Å². The summed E-state index contributed by atoms with van der Waals surface area (Å²) in [7, 11) is 3.00. The average molecular weight is 668 g/mol. The summed E-state index contributed by atoms with van der Waals surface area (Å²) >= 11 is 0. The van der Waals surface area contributed by atoms with Crippen molar-refractivity contribution in [2.24, 2.45) is 0 Å². The number of anilines is 1. The number of hydrogen-bond donors (Lipinski definition) is 2. The number of amides is 3. The van der Waals surface area contributed by atoms with E-state index in [4.69, 9.17) is 15.9 Å². The third-order valence-corrected chi connectivity index (χ3v) is 8.59. The van der Waals surface area contributed by atoms with Crippen LogP contribution in [0, 0.1) is 38.9 Å². The summed E-state index contributed by atoms with van der Waals surface area (Å²) in [5, 5.41) is 5.44. The second kappa shape index (κ2) is 15.6. The molecule has 1 aliphatic heterocycles. The van der Waals surface area contributed by atoms with E-state index in [1.54, 1.807) is 49.9 Å². The highest BCUT2D eigenvalue weighted by molar-refractivity contribution is 6.07. The van der Waals surface area contributed by atoms with E-state index in [9.17, 15) is 14.4 Å². The molecule has 1 aromatic heterocycles. The number of terminal acetylenes is 1. The van der Waals surface area contributed by atoms with E-state index in [2.05, 4.69) is 39.6 Å². The van der Waals surface area contributed by atoms with Gasteiger partial charge in [-0.2, -0.15) is 0 Å². The number of carbonyl (C=O) groups is 3. The first-order valence-electron chi connectivity index (χ1n) is 15.7. The Morgan fingerprint density at radius 2 is 1.82 bits per heavy atom. The smallest absolute Gasteiger partial charge is 0.257 e. The summed E-state index contributed by atoms with van der Waals surface area (Å²) in [6.45, 7) is 15.9. The van der Waals surface area contributed by atoms with Gasteiger partial charge in [0, 0.05) is 32.2 Å². The van der Waals surface area contributed by atoms with Crippen LogP contribution in [-0.4, -0.2) is 78.4 Å². The van der Waals surface area contributed by atoms with Gasteiger partial charge in [0.15, 0.2) is 0 Å². The number of nitrogens with zero attached hydrogens (tertiary/aromatic N) is 3. The number of nitrogens with one attached hydrogen (secondary N) is 2. The van der Waals surface area contributed by atoms with E-state index < -0.39 is 35.8 Å². The molecule has 3 amide bonds. The van der Waals surface area contributed by atoms with E-state index >= 15 is 4.39 Å². The third-order valence-electron chi connectivity index (χ3n) is 8.59. The molecule has 0 aliphatic carbocycles. The second-order valence-corrected chi connectivity index (χ2v) is 12.0. The van der Waals surface area contributed by atoms with Crippen molar-refractivity contribution in [2.75, 3.05) is 39.1 Å². The fourth-order valence-corrected chi connectivity index (χ4v) is 5.88. The lowest BCUT2D eigenvalue weighted by atomic mass is 9.93. The van der Waals surface area contributed by atoms with E-state index in [1.807, 2.05) is 6.92 Å². The number of hydrogen-bond acceptors (Lipinski definition) is 7. The fourth-order valence-electron chi connectivity index (χ4n) is 5.88. The Morgan fingerprint density at radius 1 is 1.08 bits per heavy atom. The molecule has 4 rings (SSSR count). The van der Waals surface area contributed by atoms with Crippen molar-refractivity contribution in [3.63, 3.8) is 0 Å². The molecule has 1 saturated heterocycles. The van der Waals surface area contributed by atoms with Crippen LogP contribution in [-0.2, 0) is 4.79 Å². The summed E-state index contributed by atoms with van der Waals surface area (Å²) in [6, 6.07) is 8.57. The third kappa shape index (κ3) is 7.99. The molecule has 10 nitrogen and oxygen atoms in total. The molecule has 0 spiro atoms. The van der Waals surface area contributed by atoms with Gasteiger partial charge in [0.2, 0.25) is 5.91 Å². The molecule has 2 aromatic carbocycles. The Hall–Kier alpha value is -5.47. The SMILES string of the molecule is C#C[C@@H]1CN(C(C(=C)C)[C@@H](Oc2cc(C)c(C(=O)Nc3ncc(OC)cc3C)cc2C(=O)NC)c2ccc(C)c(F)c2)CCN1C(=O)C=C. The van der Waals surface area contributed by atoms with Crippen LogP contribution in [0.1, 0.15) is 56.0 Å². The number of halogens is 1. The predicted octanol–water partition coefficient (Wildman–Crippen LogP) is 5.16. The summed E-state index contributed by atoms with van der Waals surface area (Å²) < 4.78 is 27.1. The first kappa shape index (κ1) is 36.4. The Kier molecular flexibility index (Phi) is 11.6. The highest BCUT2D eigenvalue weighted by Crippen LogP contribution is 2.36. The number of ether oxygens (including phenoxy) is 2. The van der Waals surface area contributed by atoms with Crippen LogP contribution in [0.2, 0.25) is 0 Å². The maximum absolute atomic E-state index is 15.1. The molecule has 0 radical (unpaired) electrons. The maximum atomic E-state index is 15.1. The van der Waals surface area contributed by atoms with E-state index in [-0.39, 0.29) is 22.8 Å². The molecule has 11 heteroatoms. The van der Waals surface area contributed by atoms with E-state index in [0.717, 1.165) is 0 Å². The Labute approximate surface area is 287 Å². The van der Waals surface area contributed by atoms with Gasteiger partial charge in [0.1, 0.15) is 35.3 Å². The molecule has 256 valence electrons. The molecule has 3 atom stereocenters. The van der Waals surface area contributed by atoms with Crippen LogP contribution in [0.25, 0.3) is 0 Å². The molecule has 1 unspecified atom stereocenters. The maximum Gasteiger partial charge on any atom is 0.257 e. The number of aromatic nitrogens is 1. The lowest BCUT2D eigenvalue weighted by molar-refractivity contribution is -0.130. The summed E-state index contributed by atoms with van der Waals surface area (Å²) in [4.78, 5) is 47.3. The fraction of sp³-hybridized carbons (Fsp3) is 0.316. The highest BCUT2D eigenvalue weighted by atomic mass is 19.1. The van der Waals surface area contributed by atoms with Gasteiger partial charge in [0.25, 0.3) is 11.8 Å². The van der Waals surface area contributed by atoms with Crippen LogP contribution < -0.4 is 20.1 Å². The van der Waals surface area contributed by atoms with Crippen molar-refractivity contribution in [1.82, 2.24) is 20.1 Å². The lowest BCUT2D eigenvalue weighted by Crippen LogP contribution is -2.58. The Balaban J connectivity index is 1.79. The quantitative estimate of drug-likeness (QED) is 0.165. The molecule has 2 heterocycles. The first-order chi connectivity index (χ1) is 23.3. The van der Waals surface area contributed by atoms with E-state index in [0.29, 0.717) is 59.0 Å². The molecule has 1 aliphatic rings. The Morgan fingerprint density at radius 3 is 2.41 bits per heavy atom. The van der Waals surface area contributed by atoms with Gasteiger partial charge in [-0.25, -0.2) is 9.37 Å². The van der Waals surface area contributed by atoms with Crippen LogP contribution in [0.15, 0.2) is 67.4 Å². The zero-order chi connectivity index (χ0) is 36.0. The van der Waals surface area contributed by atoms with Crippen LogP contribution in [0.4, 0.5) is 10.2 Å². The minimum atomic E-state index is -0.874. The van der Waals surface area contributed by atoms with Gasteiger partial charge in [-0.3, -0.25) is 19.3 Å². The summed E-state index contributed by atoms with van der Waals surface area (Å²) in [5.41, 5.74) is 3.20. The minimum absolute atomic E-state index is 0.0959. The van der Waals surface area contributed by atoms with Gasteiger partial charge in [-0.15, -0.1) is 6.42 Å². The van der Waals surface area contributed by atoms with Crippen molar-refractivity contribution in [2.45, 2.75) is 45.9 Å². The number of piperazine rings is 1. The molecule has 49 heavy (non-hydrogen) atoms. The second-order valence-electron chi connectivity index (χ2n) is 12.0. The zero-order valence-corrected chi connectivity index (χ0v) is 28.7. The van der Waals surface area contributed by atoms with Gasteiger partial charge >= 0.3 is 0 Å². The van der Waals surface area contributed by atoms with Crippen molar-refractivity contribution in [3.8, 4) is 23.8 Å². The largest absolute Gasteiger partial charge is 0.495 e. The molecule has 1 fully saturated rings. The zero-order valence-electron chi connectivity index (χ0n) is 28.7. The monoisotopic (exact) mass is 667 g/mol. The normalized spacial score (nSPS) is 15.7. The first-order valence-corrected chi connectivity index (χ1v) is 15.7. The van der Waals surface area contributed by atoms with Gasteiger partial charge in [0.05, 0.1) is 24.9 Å². The van der Waals surface area contributed by atoms with Crippen LogP contribution in [0.3, 0.4) is 0 Å². The van der Waals surface area contributed by atoms with Crippen molar-refractivity contribution >= 4 is 23.5 Å². The van der Waals surface area contributed by atoms with Crippen molar-refractivity contribution in [1.29, 1.82) is 0 Å². The summed E-state index contributed by atoms with van der Waals surface area (Å²) in [5.74, 6) is 2.12. The van der Waals surface area contributed by atoms with Gasteiger partial charge in [-0.1, -0.05) is 36.8 Å². The minimum Gasteiger partial charge on any atom is -0.495 e. The van der Waals surface area contributed by atoms with Crippen LogP contribution in [0.5, 0.6) is 11.5 Å². The number of aryl methyl sites for hydroxylation is 3. The molecular formula is C38H42FN5O5. The topological polar surface area (TPSA) is 113 Å². The average Bonchev–Trinajstić information content (AvgIpc) is 3.09. The number of pyridine rings is 1. The number of carbonyl (C=O) groups excluding carboxylic acids is 3. The standard InChI is InChI=1S/C38H42FN5O5/c1-10-27-21-43(14-15-44(27)33(45)11-2)34(22(3)4)35(26-13-12-23(5)31(39)18-26)49-32-17-24(6)29(19-30(32)37(46)40-8)38(47)42-36-25(7)16-28(48-9)20-41-36/h1,11-13,16-20,27,34-35H,2-3,14-15,21H2,4-9H3,(H,40,46)(H,41,42,47)/t27-,34?,35+/m1/s1. The van der Waals surface area contributed by atoms with Gasteiger partial charge in [-0.05, 0) is 80.3 Å². The highest BCUT2D eigenvalue weighted by Gasteiger charge is 2.38. The molecule has 3 aromatic rings. The lowest BCUT2D eigenvalue weighted by Gasteiger charge is -2.45. The van der Waals surface area contributed by atoms with Crippen LogP contribution >= 0.6 is 0 Å². The molecule has 0 saturated carbocycles. The molecule has 2 N–H and O–H groups in total. The summed E-state index contributed by atoms with van der Waals surface area (Å²) in [6.07, 6.45) is 7.73. The van der Waals surface area contributed by atoms with Gasteiger partial charge < -0.3 is 25.0 Å². The molecule has 0 bridgehead atoms.